The zero-order chi connectivity index (χ0) is 15.2. The van der Waals surface area contributed by atoms with Crippen LogP contribution in [0.15, 0.2) is 18.0 Å². The highest BCUT2D eigenvalue weighted by molar-refractivity contribution is 7.09. The van der Waals surface area contributed by atoms with Crippen LogP contribution in [-0.4, -0.2) is 41.6 Å². The van der Waals surface area contributed by atoms with Gasteiger partial charge in [0.05, 0.1) is 17.3 Å². The highest BCUT2D eigenvalue weighted by Crippen LogP contribution is 2.29. The molecule has 0 saturated carbocycles. The van der Waals surface area contributed by atoms with E-state index in [0.717, 1.165) is 38.0 Å². The van der Waals surface area contributed by atoms with E-state index < -0.39 is 6.10 Å². The molecule has 1 fully saturated rings. The lowest BCUT2D eigenvalue weighted by Crippen LogP contribution is -2.44. The average molecular weight is 308 g/mol. The van der Waals surface area contributed by atoms with Gasteiger partial charge in [-0.2, -0.15) is 0 Å². The number of rotatable bonds is 6. The molecule has 5 heteroatoms. The van der Waals surface area contributed by atoms with Crippen molar-refractivity contribution in [2.24, 2.45) is 0 Å². The van der Waals surface area contributed by atoms with Crippen molar-refractivity contribution in [1.82, 2.24) is 9.88 Å². The van der Waals surface area contributed by atoms with Crippen LogP contribution in [0.3, 0.4) is 0 Å². The van der Waals surface area contributed by atoms with Crippen molar-refractivity contribution in [2.75, 3.05) is 19.7 Å². The number of aryl methyl sites for hydroxylation is 1. The van der Waals surface area contributed by atoms with E-state index in [0.29, 0.717) is 12.5 Å². The fourth-order valence-corrected chi connectivity index (χ4v) is 3.62. The normalized spacial score (nSPS) is 20.3. The third-order valence-electron chi connectivity index (χ3n) is 3.83. The van der Waals surface area contributed by atoms with E-state index >= 15 is 0 Å². The molecule has 0 aliphatic carbocycles. The lowest BCUT2D eigenvalue weighted by Gasteiger charge is -2.33. The van der Waals surface area contributed by atoms with E-state index in [9.17, 15) is 4.79 Å². The molecule has 1 aromatic rings. The average Bonchev–Trinajstić information content (AvgIpc) is 3.01. The molecule has 116 valence electrons. The number of likely N-dealkylation sites (tertiary alicyclic amines) is 1. The van der Waals surface area contributed by atoms with E-state index in [1.165, 1.54) is 5.01 Å². The van der Waals surface area contributed by atoms with E-state index in [4.69, 9.17) is 4.74 Å². The van der Waals surface area contributed by atoms with Crippen molar-refractivity contribution in [3.8, 4) is 0 Å². The Bertz CT molecular complexity index is 486. The van der Waals surface area contributed by atoms with Gasteiger partial charge >= 0.3 is 0 Å². The van der Waals surface area contributed by atoms with Gasteiger partial charge in [-0.05, 0) is 26.2 Å². The van der Waals surface area contributed by atoms with Crippen molar-refractivity contribution < 1.29 is 9.53 Å². The summed E-state index contributed by atoms with van der Waals surface area (Å²) in [6.45, 7) is 9.54. The number of aromatic nitrogens is 1. The highest BCUT2D eigenvalue weighted by atomic mass is 32.1. The Kier molecular flexibility index (Phi) is 5.94. The predicted molar refractivity (Wildman–Crippen MR) is 85.7 cm³/mol. The van der Waals surface area contributed by atoms with Crippen molar-refractivity contribution >= 4 is 17.2 Å². The minimum atomic E-state index is -0.399. The Labute approximate surface area is 130 Å². The van der Waals surface area contributed by atoms with Crippen LogP contribution in [0.2, 0.25) is 0 Å². The zero-order valence-electron chi connectivity index (χ0n) is 12.9. The first-order valence-electron chi connectivity index (χ1n) is 7.61. The first-order valence-corrected chi connectivity index (χ1v) is 8.49. The number of ether oxygens (including phenoxy) is 1. The van der Waals surface area contributed by atoms with E-state index in [-0.39, 0.29) is 5.91 Å². The number of hydrogen-bond acceptors (Lipinski definition) is 4. The van der Waals surface area contributed by atoms with Crippen LogP contribution in [-0.2, 0) is 16.0 Å². The van der Waals surface area contributed by atoms with Crippen molar-refractivity contribution in [3.63, 3.8) is 0 Å². The van der Waals surface area contributed by atoms with Crippen LogP contribution in [0.25, 0.3) is 0 Å². The largest absolute Gasteiger partial charge is 0.365 e. The second-order valence-corrected chi connectivity index (χ2v) is 6.31. The summed E-state index contributed by atoms with van der Waals surface area (Å²) in [5.74, 6) is 0.452. The van der Waals surface area contributed by atoms with Crippen molar-refractivity contribution in [2.45, 2.75) is 45.1 Å². The van der Waals surface area contributed by atoms with Gasteiger partial charge in [-0.15, -0.1) is 17.9 Å². The van der Waals surface area contributed by atoms with E-state index in [2.05, 4.69) is 23.9 Å². The van der Waals surface area contributed by atoms with Crippen LogP contribution in [0.1, 0.15) is 43.3 Å². The standard InChI is InChI=1S/C16H24N2O2S/c1-4-9-20-12(3)16(19)18-8-6-7-13(10-18)15-17-14(5-2)11-21-15/h4,11-13H,1,5-10H2,2-3H3/t12-,13+/m0/s1. The van der Waals surface area contributed by atoms with Gasteiger partial charge in [-0.3, -0.25) is 4.79 Å². The minimum Gasteiger partial charge on any atom is -0.365 e. The molecular formula is C16H24N2O2S. The van der Waals surface area contributed by atoms with Gasteiger partial charge in [0, 0.05) is 24.4 Å². The predicted octanol–water partition coefficient (Wildman–Crippen LogP) is 3.00. The Balaban J connectivity index is 1.96. The van der Waals surface area contributed by atoms with Crippen LogP contribution in [0.5, 0.6) is 0 Å². The summed E-state index contributed by atoms with van der Waals surface area (Å²) in [7, 11) is 0. The van der Waals surface area contributed by atoms with Crippen LogP contribution in [0.4, 0.5) is 0 Å². The van der Waals surface area contributed by atoms with Crippen molar-refractivity contribution in [3.05, 3.63) is 28.7 Å². The molecule has 1 amide bonds. The van der Waals surface area contributed by atoms with Gasteiger partial charge in [0.2, 0.25) is 0 Å². The number of thiazole rings is 1. The first-order chi connectivity index (χ1) is 10.2. The van der Waals surface area contributed by atoms with Crippen LogP contribution in [0, 0.1) is 0 Å². The molecule has 0 radical (unpaired) electrons. The Morgan fingerprint density at radius 3 is 3.19 bits per heavy atom. The third-order valence-corrected chi connectivity index (χ3v) is 4.88. The summed E-state index contributed by atoms with van der Waals surface area (Å²) in [4.78, 5) is 19.0. The third kappa shape index (κ3) is 4.14. The Morgan fingerprint density at radius 2 is 2.52 bits per heavy atom. The molecule has 0 spiro atoms. The zero-order valence-corrected chi connectivity index (χ0v) is 13.7. The minimum absolute atomic E-state index is 0.0776. The summed E-state index contributed by atoms with van der Waals surface area (Å²) in [6.07, 6.45) is 4.39. The fraction of sp³-hybridized carbons (Fsp3) is 0.625. The monoisotopic (exact) mass is 308 g/mol. The lowest BCUT2D eigenvalue weighted by atomic mass is 9.98. The molecule has 2 atom stereocenters. The van der Waals surface area contributed by atoms with Gasteiger partial charge < -0.3 is 9.64 Å². The molecule has 1 aliphatic rings. The highest BCUT2D eigenvalue weighted by Gasteiger charge is 2.29. The maximum atomic E-state index is 12.4. The summed E-state index contributed by atoms with van der Waals surface area (Å²) in [5.41, 5.74) is 1.15. The van der Waals surface area contributed by atoms with Gasteiger partial charge in [0.1, 0.15) is 6.10 Å². The Morgan fingerprint density at radius 1 is 1.71 bits per heavy atom. The summed E-state index contributed by atoms with van der Waals surface area (Å²) in [6, 6.07) is 0. The van der Waals surface area contributed by atoms with E-state index in [1.807, 2.05) is 11.8 Å². The van der Waals surface area contributed by atoms with Crippen LogP contribution >= 0.6 is 11.3 Å². The summed E-state index contributed by atoms with van der Waals surface area (Å²) < 4.78 is 5.45. The maximum Gasteiger partial charge on any atom is 0.251 e. The molecule has 0 aromatic carbocycles. The van der Waals surface area contributed by atoms with Gasteiger partial charge in [-0.1, -0.05) is 13.0 Å². The summed E-state index contributed by atoms with van der Waals surface area (Å²) in [5, 5.41) is 3.30. The Hall–Kier alpha value is -1.20. The summed E-state index contributed by atoms with van der Waals surface area (Å²) >= 11 is 1.72. The molecular weight excluding hydrogens is 284 g/mol. The topological polar surface area (TPSA) is 42.4 Å². The number of hydrogen-bond donors (Lipinski definition) is 0. The molecule has 1 aromatic heterocycles. The number of carbonyl (C=O) groups excluding carboxylic acids is 1. The molecule has 4 nitrogen and oxygen atoms in total. The first kappa shape index (κ1) is 16.2. The molecule has 2 heterocycles. The van der Waals surface area contributed by atoms with Crippen molar-refractivity contribution in [1.29, 1.82) is 0 Å². The number of carbonyl (C=O) groups is 1. The number of piperidine rings is 1. The lowest BCUT2D eigenvalue weighted by molar-refractivity contribution is -0.143. The maximum absolute atomic E-state index is 12.4. The van der Waals surface area contributed by atoms with Gasteiger partial charge in [-0.25, -0.2) is 4.98 Å². The smallest absolute Gasteiger partial charge is 0.251 e. The second kappa shape index (κ2) is 7.71. The number of amides is 1. The van der Waals surface area contributed by atoms with E-state index in [1.54, 1.807) is 17.4 Å². The molecule has 0 bridgehead atoms. The molecule has 21 heavy (non-hydrogen) atoms. The second-order valence-electron chi connectivity index (χ2n) is 5.42. The fourth-order valence-electron chi connectivity index (χ4n) is 2.59. The molecule has 0 unspecified atom stereocenters. The molecule has 1 aliphatic heterocycles. The molecule has 2 rings (SSSR count). The van der Waals surface area contributed by atoms with Gasteiger partial charge in [0.25, 0.3) is 5.91 Å². The molecule has 0 N–H and O–H groups in total. The van der Waals surface area contributed by atoms with Gasteiger partial charge in [0.15, 0.2) is 0 Å². The molecule has 1 saturated heterocycles. The quantitative estimate of drug-likeness (QED) is 0.759. The SMILES string of the molecule is C=CCO[C@@H](C)C(=O)N1CCC[C@@H](c2nc(CC)cs2)C1. The number of nitrogens with zero attached hydrogens (tertiary/aromatic N) is 2. The van der Waals surface area contributed by atoms with Crippen LogP contribution < -0.4 is 0 Å².